The van der Waals surface area contributed by atoms with Crippen molar-refractivity contribution in [3.05, 3.63) is 30.1 Å². The molecule has 1 N–H and O–H groups in total. The van der Waals surface area contributed by atoms with Gasteiger partial charge in [-0.2, -0.15) is 0 Å². The summed E-state index contributed by atoms with van der Waals surface area (Å²) in [6, 6.07) is 6.62. The van der Waals surface area contributed by atoms with Crippen molar-refractivity contribution >= 4 is 5.69 Å². The largest absolute Gasteiger partial charge is 0.386 e. The fraction of sp³-hybridized carbons (Fsp3) is 0.400. The zero-order valence-corrected chi connectivity index (χ0v) is 7.50. The van der Waals surface area contributed by atoms with E-state index in [0.717, 1.165) is 0 Å². The summed E-state index contributed by atoms with van der Waals surface area (Å²) in [7, 11) is 0. The highest BCUT2D eigenvalue weighted by Crippen LogP contribution is 2.28. The Labute approximate surface area is 76.6 Å². The number of nitrogens with zero attached hydrogens (tertiary/aromatic N) is 1. The number of aliphatic hydroxyl groups is 1. The van der Waals surface area contributed by atoms with Crippen molar-refractivity contribution in [2.24, 2.45) is 0 Å². The molecule has 0 radical (unpaired) electrons. The molecule has 1 aliphatic heterocycles. The molecule has 0 aromatic heterocycles. The zero-order chi connectivity index (χ0) is 9.47. The van der Waals surface area contributed by atoms with Gasteiger partial charge in [0.15, 0.2) is 0 Å². The quantitative estimate of drug-likeness (QED) is 0.707. The first-order valence-electron chi connectivity index (χ1n) is 4.30. The van der Waals surface area contributed by atoms with Gasteiger partial charge in [0.25, 0.3) is 0 Å². The number of para-hydroxylation sites is 1. The highest BCUT2D eigenvalue weighted by Gasteiger charge is 2.37. The third-order valence-corrected chi connectivity index (χ3v) is 2.26. The fourth-order valence-corrected chi connectivity index (χ4v) is 1.65. The summed E-state index contributed by atoms with van der Waals surface area (Å²) in [4.78, 5) is 1.83. The molecule has 0 spiro atoms. The summed E-state index contributed by atoms with van der Waals surface area (Å²) in [6.45, 7) is 2.77. The third-order valence-electron chi connectivity index (χ3n) is 2.26. The van der Waals surface area contributed by atoms with Crippen LogP contribution in [-0.2, 0) is 0 Å². The van der Waals surface area contributed by atoms with Crippen molar-refractivity contribution in [1.82, 2.24) is 0 Å². The van der Waals surface area contributed by atoms with E-state index in [1.165, 1.54) is 6.07 Å². The van der Waals surface area contributed by atoms with E-state index in [-0.39, 0.29) is 5.82 Å². The predicted octanol–water partition coefficient (Wildman–Crippen LogP) is 1.40. The van der Waals surface area contributed by atoms with Crippen molar-refractivity contribution in [1.29, 1.82) is 0 Å². The van der Waals surface area contributed by atoms with Crippen LogP contribution in [0.15, 0.2) is 24.3 Å². The SMILES string of the molecule is CC1(O)CN(c2ccccc2F)C1. The lowest BCUT2D eigenvalue weighted by Gasteiger charge is -2.45. The topological polar surface area (TPSA) is 23.5 Å². The molecular formula is C10H12FNO. The van der Waals surface area contributed by atoms with E-state index in [2.05, 4.69) is 0 Å². The minimum atomic E-state index is -0.651. The highest BCUT2D eigenvalue weighted by atomic mass is 19.1. The van der Waals surface area contributed by atoms with Crippen LogP contribution < -0.4 is 4.90 Å². The maximum absolute atomic E-state index is 13.2. The van der Waals surface area contributed by atoms with Crippen LogP contribution in [0.2, 0.25) is 0 Å². The first-order chi connectivity index (χ1) is 6.08. The lowest BCUT2D eigenvalue weighted by Crippen LogP contribution is -2.60. The maximum atomic E-state index is 13.2. The van der Waals surface area contributed by atoms with Crippen molar-refractivity contribution in [2.75, 3.05) is 18.0 Å². The predicted molar refractivity (Wildman–Crippen MR) is 49.2 cm³/mol. The summed E-state index contributed by atoms with van der Waals surface area (Å²) in [5.41, 5.74) is -0.0727. The zero-order valence-electron chi connectivity index (χ0n) is 7.50. The number of hydrogen-bond donors (Lipinski definition) is 1. The second-order valence-electron chi connectivity index (χ2n) is 3.80. The summed E-state index contributed by atoms with van der Waals surface area (Å²) >= 11 is 0. The van der Waals surface area contributed by atoms with E-state index in [4.69, 9.17) is 0 Å². The number of rotatable bonds is 1. The molecule has 13 heavy (non-hydrogen) atoms. The van der Waals surface area contributed by atoms with Gasteiger partial charge in [-0.3, -0.25) is 0 Å². The van der Waals surface area contributed by atoms with Crippen LogP contribution in [0.3, 0.4) is 0 Å². The van der Waals surface area contributed by atoms with Crippen molar-refractivity contribution in [3.63, 3.8) is 0 Å². The molecule has 0 unspecified atom stereocenters. The Morgan fingerprint density at radius 2 is 2.00 bits per heavy atom. The van der Waals surface area contributed by atoms with Gasteiger partial charge in [0.2, 0.25) is 0 Å². The second kappa shape index (κ2) is 2.70. The first-order valence-corrected chi connectivity index (χ1v) is 4.30. The molecule has 1 heterocycles. The molecule has 0 aliphatic carbocycles. The molecular weight excluding hydrogens is 169 g/mol. The molecule has 2 nitrogen and oxygen atoms in total. The average molecular weight is 181 g/mol. The van der Waals surface area contributed by atoms with Crippen LogP contribution in [0.1, 0.15) is 6.92 Å². The second-order valence-corrected chi connectivity index (χ2v) is 3.80. The van der Waals surface area contributed by atoms with Crippen molar-refractivity contribution in [3.8, 4) is 0 Å². The smallest absolute Gasteiger partial charge is 0.146 e. The van der Waals surface area contributed by atoms with Gasteiger partial charge < -0.3 is 10.0 Å². The molecule has 1 saturated heterocycles. The van der Waals surface area contributed by atoms with Gasteiger partial charge in [-0.1, -0.05) is 12.1 Å². The van der Waals surface area contributed by atoms with E-state index in [1.807, 2.05) is 4.90 Å². The average Bonchev–Trinajstić information content (AvgIpc) is 2.01. The Bertz CT molecular complexity index is 316. The number of anilines is 1. The number of hydrogen-bond acceptors (Lipinski definition) is 2. The Morgan fingerprint density at radius 3 is 2.54 bits per heavy atom. The highest BCUT2D eigenvalue weighted by molar-refractivity contribution is 5.51. The van der Waals surface area contributed by atoms with Gasteiger partial charge in [0, 0.05) is 13.1 Å². The van der Waals surface area contributed by atoms with Crippen molar-refractivity contribution < 1.29 is 9.50 Å². The van der Waals surface area contributed by atoms with Gasteiger partial charge in [-0.15, -0.1) is 0 Å². The molecule has 2 rings (SSSR count). The number of halogens is 1. The van der Waals surface area contributed by atoms with Gasteiger partial charge >= 0.3 is 0 Å². The summed E-state index contributed by atoms with van der Waals surface area (Å²) in [5, 5.41) is 9.47. The van der Waals surface area contributed by atoms with Gasteiger partial charge in [-0.05, 0) is 19.1 Å². The van der Waals surface area contributed by atoms with Crippen LogP contribution in [0, 0.1) is 5.82 Å². The molecule has 1 fully saturated rings. The van der Waals surface area contributed by atoms with E-state index in [0.29, 0.717) is 18.8 Å². The molecule has 0 atom stereocenters. The molecule has 3 heteroatoms. The molecule has 0 amide bonds. The Balaban J connectivity index is 2.16. The summed E-state index contributed by atoms with van der Waals surface area (Å²) in [5.74, 6) is -0.224. The fourth-order valence-electron chi connectivity index (χ4n) is 1.65. The third kappa shape index (κ3) is 1.52. The molecule has 0 bridgehead atoms. The lowest BCUT2D eigenvalue weighted by atomic mass is 9.96. The Kier molecular flexibility index (Phi) is 1.77. The van der Waals surface area contributed by atoms with Crippen LogP contribution >= 0.6 is 0 Å². The molecule has 70 valence electrons. The van der Waals surface area contributed by atoms with E-state index >= 15 is 0 Å². The first kappa shape index (κ1) is 8.51. The Hall–Kier alpha value is -1.09. The molecule has 0 saturated carbocycles. The van der Waals surface area contributed by atoms with Gasteiger partial charge in [-0.25, -0.2) is 4.39 Å². The molecule has 1 aromatic carbocycles. The van der Waals surface area contributed by atoms with Crippen LogP contribution in [-0.4, -0.2) is 23.8 Å². The number of benzene rings is 1. The van der Waals surface area contributed by atoms with Crippen LogP contribution in [0.25, 0.3) is 0 Å². The van der Waals surface area contributed by atoms with E-state index in [1.54, 1.807) is 25.1 Å². The van der Waals surface area contributed by atoms with E-state index < -0.39 is 5.60 Å². The van der Waals surface area contributed by atoms with Gasteiger partial charge in [0.1, 0.15) is 5.82 Å². The maximum Gasteiger partial charge on any atom is 0.146 e. The molecule has 1 aromatic rings. The van der Waals surface area contributed by atoms with Crippen molar-refractivity contribution in [2.45, 2.75) is 12.5 Å². The summed E-state index contributed by atoms with van der Waals surface area (Å²) in [6.07, 6.45) is 0. The van der Waals surface area contributed by atoms with Gasteiger partial charge in [0.05, 0.1) is 11.3 Å². The minimum absolute atomic E-state index is 0.224. The normalized spacial score (nSPS) is 19.8. The van der Waals surface area contributed by atoms with E-state index in [9.17, 15) is 9.50 Å². The summed E-state index contributed by atoms with van der Waals surface area (Å²) < 4.78 is 13.2. The Morgan fingerprint density at radius 1 is 1.38 bits per heavy atom. The minimum Gasteiger partial charge on any atom is -0.386 e. The number of β-amino-alcohol motifs (C(OH)–C–C–N with tert-alkyl or cyclic N) is 1. The lowest BCUT2D eigenvalue weighted by molar-refractivity contribution is 0.0306. The van der Waals surface area contributed by atoms with Crippen LogP contribution in [0.4, 0.5) is 10.1 Å². The monoisotopic (exact) mass is 181 g/mol. The standard InChI is InChI=1S/C10H12FNO/c1-10(13)6-12(7-10)9-5-3-2-4-8(9)11/h2-5,13H,6-7H2,1H3. The molecule has 1 aliphatic rings. The van der Waals surface area contributed by atoms with Crippen LogP contribution in [0.5, 0.6) is 0 Å².